The molecule has 1 heterocycles. The van der Waals surface area contributed by atoms with Crippen LogP contribution < -0.4 is 14.8 Å². The highest BCUT2D eigenvalue weighted by molar-refractivity contribution is 9.10. The van der Waals surface area contributed by atoms with E-state index in [1.165, 1.54) is 31.2 Å². The fraction of sp³-hybridized carbons (Fsp3) is 0.625. The predicted octanol–water partition coefficient (Wildman–Crippen LogP) is 3.71. The van der Waals surface area contributed by atoms with Gasteiger partial charge in [0.2, 0.25) is 0 Å². The van der Waals surface area contributed by atoms with Crippen molar-refractivity contribution in [2.75, 3.05) is 26.8 Å². The number of ether oxygens (including phenoxy) is 2. The van der Waals surface area contributed by atoms with E-state index in [2.05, 4.69) is 33.4 Å². The lowest BCUT2D eigenvalue weighted by Crippen LogP contribution is -2.26. The summed E-state index contributed by atoms with van der Waals surface area (Å²) in [4.78, 5) is 0. The van der Waals surface area contributed by atoms with Crippen LogP contribution >= 0.6 is 15.9 Å². The maximum absolute atomic E-state index is 5.94. The molecule has 3 nitrogen and oxygen atoms in total. The molecule has 0 bridgehead atoms. The summed E-state index contributed by atoms with van der Waals surface area (Å²) in [5.74, 6) is 3.08. The van der Waals surface area contributed by atoms with Gasteiger partial charge in [-0.15, -0.1) is 0 Å². The summed E-state index contributed by atoms with van der Waals surface area (Å²) in [6.07, 6.45) is 4.98. The number of methoxy groups -OCH3 is 1. The zero-order valence-electron chi connectivity index (χ0n) is 12.0. The second kappa shape index (κ2) is 6.35. The molecule has 2 fully saturated rings. The summed E-state index contributed by atoms with van der Waals surface area (Å²) >= 11 is 3.66. The average Bonchev–Trinajstić information content (AvgIpc) is 3.30. The van der Waals surface area contributed by atoms with E-state index >= 15 is 0 Å². The Labute approximate surface area is 129 Å². The summed E-state index contributed by atoms with van der Waals surface area (Å²) in [5.41, 5.74) is 1.36. The van der Waals surface area contributed by atoms with Gasteiger partial charge >= 0.3 is 0 Å². The van der Waals surface area contributed by atoms with Crippen molar-refractivity contribution in [3.05, 3.63) is 22.2 Å². The summed E-state index contributed by atoms with van der Waals surface area (Å²) < 4.78 is 12.5. The minimum atomic E-state index is 0.624. The Balaban J connectivity index is 1.79. The zero-order valence-corrected chi connectivity index (χ0v) is 13.5. The Morgan fingerprint density at radius 3 is 2.60 bits per heavy atom. The fourth-order valence-electron chi connectivity index (χ4n) is 2.76. The molecule has 0 aromatic heterocycles. The van der Waals surface area contributed by atoms with E-state index in [1.54, 1.807) is 7.11 Å². The van der Waals surface area contributed by atoms with E-state index < -0.39 is 0 Å². The monoisotopic (exact) mass is 339 g/mol. The first-order valence-corrected chi connectivity index (χ1v) is 8.28. The van der Waals surface area contributed by atoms with Crippen molar-refractivity contribution < 1.29 is 9.47 Å². The first-order valence-electron chi connectivity index (χ1n) is 7.49. The molecule has 2 aliphatic rings. The Bertz CT molecular complexity index is 468. The second-order valence-corrected chi connectivity index (χ2v) is 6.67. The van der Waals surface area contributed by atoms with Gasteiger partial charge in [0.1, 0.15) is 0 Å². The Kier molecular flexibility index (Phi) is 4.51. The molecule has 1 saturated heterocycles. The van der Waals surface area contributed by atoms with Crippen molar-refractivity contribution in [2.24, 2.45) is 5.92 Å². The molecule has 1 aromatic carbocycles. The van der Waals surface area contributed by atoms with Crippen molar-refractivity contribution in [1.82, 2.24) is 5.32 Å². The molecule has 0 amide bonds. The lowest BCUT2D eigenvalue weighted by Gasteiger charge is -2.24. The SMILES string of the molecule is COc1cc(C2CCNCC2)cc(Br)c1OCC1CC1. The van der Waals surface area contributed by atoms with E-state index in [0.717, 1.165) is 41.6 Å². The number of rotatable bonds is 5. The number of piperidine rings is 1. The Hall–Kier alpha value is -0.740. The molecule has 1 saturated carbocycles. The molecule has 0 spiro atoms. The summed E-state index contributed by atoms with van der Waals surface area (Å²) in [6.45, 7) is 3.01. The Morgan fingerprint density at radius 2 is 1.95 bits per heavy atom. The maximum Gasteiger partial charge on any atom is 0.175 e. The van der Waals surface area contributed by atoms with E-state index in [0.29, 0.717) is 5.92 Å². The van der Waals surface area contributed by atoms with E-state index in [1.807, 2.05) is 0 Å². The smallest absolute Gasteiger partial charge is 0.175 e. The molecule has 1 aliphatic heterocycles. The van der Waals surface area contributed by atoms with Crippen LogP contribution in [0.1, 0.15) is 37.2 Å². The highest BCUT2D eigenvalue weighted by Gasteiger charge is 2.24. The van der Waals surface area contributed by atoms with Gasteiger partial charge in [-0.25, -0.2) is 0 Å². The molecule has 110 valence electrons. The third-order valence-corrected chi connectivity index (χ3v) is 4.81. The van der Waals surface area contributed by atoms with Crippen LogP contribution in [0.4, 0.5) is 0 Å². The lowest BCUT2D eigenvalue weighted by molar-refractivity contribution is 0.278. The number of nitrogens with one attached hydrogen (secondary N) is 1. The maximum atomic E-state index is 5.94. The normalized spacial score (nSPS) is 19.9. The van der Waals surface area contributed by atoms with Gasteiger partial charge in [-0.05, 0) is 84.2 Å². The van der Waals surface area contributed by atoms with Crippen molar-refractivity contribution >= 4 is 15.9 Å². The van der Waals surface area contributed by atoms with E-state index in [-0.39, 0.29) is 0 Å². The summed E-state index contributed by atoms with van der Waals surface area (Å²) in [7, 11) is 1.72. The minimum Gasteiger partial charge on any atom is -0.493 e. The van der Waals surface area contributed by atoms with Crippen LogP contribution in [0.15, 0.2) is 16.6 Å². The van der Waals surface area contributed by atoms with Crippen molar-refractivity contribution in [1.29, 1.82) is 0 Å². The summed E-state index contributed by atoms with van der Waals surface area (Å²) in [5, 5.41) is 3.41. The largest absolute Gasteiger partial charge is 0.493 e. The van der Waals surface area contributed by atoms with Crippen molar-refractivity contribution in [3.8, 4) is 11.5 Å². The predicted molar refractivity (Wildman–Crippen MR) is 83.8 cm³/mol. The van der Waals surface area contributed by atoms with E-state index in [4.69, 9.17) is 9.47 Å². The van der Waals surface area contributed by atoms with Gasteiger partial charge in [0.05, 0.1) is 18.2 Å². The first kappa shape index (κ1) is 14.2. The molecule has 20 heavy (non-hydrogen) atoms. The number of benzene rings is 1. The van der Waals surface area contributed by atoms with Gasteiger partial charge in [0.15, 0.2) is 11.5 Å². The van der Waals surface area contributed by atoms with Crippen LogP contribution in [0, 0.1) is 5.92 Å². The van der Waals surface area contributed by atoms with E-state index in [9.17, 15) is 0 Å². The van der Waals surface area contributed by atoms with Gasteiger partial charge in [-0.3, -0.25) is 0 Å². The molecule has 4 heteroatoms. The van der Waals surface area contributed by atoms with Crippen LogP contribution in [0.3, 0.4) is 0 Å². The van der Waals surface area contributed by atoms with Crippen LogP contribution in [0.5, 0.6) is 11.5 Å². The Morgan fingerprint density at radius 1 is 1.20 bits per heavy atom. The van der Waals surface area contributed by atoms with Gasteiger partial charge in [-0.2, -0.15) is 0 Å². The minimum absolute atomic E-state index is 0.624. The molecular weight excluding hydrogens is 318 g/mol. The van der Waals surface area contributed by atoms with Gasteiger partial charge < -0.3 is 14.8 Å². The second-order valence-electron chi connectivity index (χ2n) is 5.81. The van der Waals surface area contributed by atoms with Crippen LogP contribution in [-0.4, -0.2) is 26.8 Å². The molecule has 1 aliphatic carbocycles. The van der Waals surface area contributed by atoms with Crippen molar-refractivity contribution in [3.63, 3.8) is 0 Å². The quantitative estimate of drug-likeness (QED) is 0.886. The highest BCUT2D eigenvalue weighted by atomic mass is 79.9. The van der Waals surface area contributed by atoms with Gasteiger partial charge in [0, 0.05) is 0 Å². The van der Waals surface area contributed by atoms with Crippen molar-refractivity contribution in [2.45, 2.75) is 31.6 Å². The van der Waals surface area contributed by atoms with Crippen LogP contribution in [0.25, 0.3) is 0 Å². The number of hydrogen-bond donors (Lipinski definition) is 1. The number of halogens is 1. The molecule has 0 atom stereocenters. The first-order chi connectivity index (χ1) is 9.78. The lowest BCUT2D eigenvalue weighted by atomic mass is 9.90. The number of hydrogen-bond acceptors (Lipinski definition) is 3. The molecule has 0 radical (unpaired) electrons. The fourth-order valence-corrected chi connectivity index (χ4v) is 3.33. The standard InChI is InChI=1S/C16H22BrNO2/c1-19-15-9-13(12-4-6-18-7-5-12)8-14(17)16(15)20-10-11-2-3-11/h8-9,11-12,18H,2-7,10H2,1H3. The average molecular weight is 340 g/mol. The van der Waals surface area contributed by atoms with Gasteiger partial charge in [-0.1, -0.05) is 0 Å². The zero-order chi connectivity index (χ0) is 13.9. The van der Waals surface area contributed by atoms with Gasteiger partial charge in [0.25, 0.3) is 0 Å². The molecule has 3 rings (SSSR count). The van der Waals surface area contributed by atoms with Crippen LogP contribution in [-0.2, 0) is 0 Å². The third-order valence-electron chi connectivity index (χ3n) is 4.22. The molecule has 1 aromatic rings. The summed E-state index contributed by atoms with van der Waals surface area (Å²) in [6, 6.07) is 4.36. The third kappa shape index (κ3) is 3.29. The molecular formula is C16H22BrNO2. The highest BCUT2D eigenvalue weighted by Crippen LogP contribution is 2.41. The molecule has 0 unspecified atom stereocenters. The van der Waals surface area contributed by atoms with Crippen LogP contribution in [0.2, 0.25) is 0 Å². The molecule has 1 N–H and O–H groups in total. The topological polar surface area (TPSA) is 30.5 Å².